The second kappa shape index (κ2) is 9.02. The predicted molar refractivity (Wildman–Crippen MR) is 132 cm³/mol. The maximum absolute atomic E-state index is 12.7. The number of rotatable bonds is 6. The summed E-state index contributed by atoms with van der Waals surface area (Å²) in [6.45, 7) is 3.44. The summed E-state index contributed by atoms with van der Waals surface area (Å²) in [5, 5.41) is 2.77. The maximum atomic E-state index is 12.7. The van der Waals surface area contributed by atoms with E-state index in [0.717, 1.165) is 30.9 Å². The highest BCUT2D eigenvalue weighted by atomic mass is 16.6. The van der Waals surface area contributed by atoms with Crippen LogP contribution in [0.3, 0.4) is 0 Å². The fraction of sp³-hybridized carbons (Fsp3) is 0.423. The fourth-order valence-electron chi connectivity index (χ4n) is 5.40. The van der Waals surface area contributed by atoms with E-state index in [1.807, 2.05) is 23.1 Å². The molecule has 4 heterocycles. The highest BCUT2D eigenvalue weighted by Crippen LogP contribution is 2.35. The lowest BCUT2D eigenvalue weighted by molar-refractivity contribution is -0.119. The lowest BCUT2D eigenvalue weighted by Crippen LogP contribution is -2.55. The standard InChI is InChI=1S/C26H28N4O6/c1-34-19-5-2-17-3-7-25(32)30(22(17)9-19)12-16-10-28(11-16)13-20-14-29(26(33)36-20)18-4-6-23-21(8-18)27-24(31)15-35-23/h2,4-6,8-9,16,20H,3,7,10-15H2,1H3,(H,27,31). The minimum Gasteiger partial charge on any atom is -0.497 e. The number of hydrogen-bond acceptors (Lipinski definition) is 7. The highest BCUT2D eigenvalue weighted by Gasteiger charge is 2.38. The molecule has 2 aromatic rings. The van der Waals surface area contributed by atoms with Crippen LogP contribution >= 0.6 is 0 Å². The van der Waals surface area contributed by atoms with Crippen molar-refractivity contribution in [1.29, 1.82) is 0 Å². The van der Waals surface area contributed by atoms with Gasteiger partial charge >= 0.3 is 6.09 Å². The Morgan fingerprint density at radius 1 is 1.03 bits per heavy atom. The quantitative estimate of drug-likeness (QED) is 0.660. The number of nitrogens with one attached hydrogen (secondary N) is 1. The number of carbonyl (C=O) groups is 3. The number of hydrogen-bond donors (Lipinski definition) is 1. The first-order valence-corrected chi connectivity index (χ1v) is 12.2. The first-order valence-electron chi connectivity index (χ1n) is 12.2. The van der Waals surface area contributed by atoms with Crippen molar-refractivity contribution >= 4 is 35.0 Å². The first kappa shape index (κ1) is 22.7. The summed E-state index contributed by atoms with van der Waals surface area (Å²) in [7, 11) is 1.63. The van der Waals surface area contributed by atoms with Crippen molar-refractivity contribution in [3.05, 3.63) is 42.0 Å². The molecule has 0 spiro atoms. The summed E-state index contributed by atoms with van der Waals surface area (Å²) in [6.07, 6.45) is 0.646. The van der Waals surface area contributed by atoms with E-state index in [4.69, 9.17) is 14.2 Å². The van der Waals surface area contributed by atoms with Crippen LogP contribution in [-0.2, 0) is 20.7 Å². The molecule has 36 heavy (non-hydrogen) atoms. The average molecular weight is 493 g/mol. The number of cyclic esters (lactones) is 1. The molecule has 3 amide bonds. The number of benzene rings is 2. The van der Waals surface area contributed by atoms with E-state index in [-0.39, 0.29) is 24.5 Å². The molecule has 2 fully saturated rings. The zero-order valence-corrected chi connectivity index (χ0v) is 20.1. The van der Waals surface area contributed by atoms with Gasteiger partial charge in [0, 0.05) is 50.3 Å². The molecular formula is C26H28N4O6. The van der Waals surface area contributed by atoms with Gasteiger partial charge in [-0.3, -0.25) is 19.4 Å². The van der Waals surface area contributed by atoms with Gasteiger partial charge in [0.25, 0.3) is 5.91 Å². The van der Waals surface area contributed by atoms with Gasteiger partial charge in [-0.05, 0) is 36.2 Å². The number of anilines is 3. The minimum atomic E-state index is -0.399. The van der Waals surface area contributed by atoms with E-state index in [2.05, 4.69) is 10.2 Å². The van der Waals surface area contributed by atoms with E-state index < -0.39 is 6.09 Å². The second-order valence-corrected chi connectivity index (χ2v) is 9.72. The second-order valence-electron chi connectivity index (χ2n) is 9.72. The maximum Gasteiger partial charge on any atom is 0.414 e. The molecule has 1 atom stereocenters. The SMILES string of the molecule is COc1ccc2c(c1)N(CC1CN(CC3CN(c4ccc5c(c4)NC(=O)CO5)C(=O)O3)C1)C(=O)CC2. The van der Waals surface area contributed by atoms with Gasteiger partial charge in [-0.1, -0.05) is 6.07 Å². The Hall–Kier alpha value is -3.79. The third-order valence-electron chi connectivity index (χ3n) is 7.21. The lowest BCUT2D eigenvalue weighted by atomic mass is 9.95. The van der Waals surface area contributed by atoms with Crippen molar-refractivity contribution < 1.29 is 28.6 Å². The van der Waals surface area contributed by atoms with E-state index in [1.54, 1.807) is 30.2 Å². The summed E-state index contributed by atoms with van der Waals surface area (Å²) < 4.78 is 16.4. The largest absolute Gasteiger partial charge is 0.497 e. The number of ether oxygens (including phenoxy) is 3. The van der Waals surface area contributed by atoms with Crippen LogP contribution in [0, 0.1) is 5.92 Å². The molecule has 2 aromatic carbocycles. The third-order valence-corrected chi connectivity index (χ3v) is 7.21. The molecule has 1 unspecified atom stereocenters. The van der Waals surface area contributed by atoms with Crippen LogP contribution in [0.25, 0.3) is 0 Å². The molecule has 10 nitrogen and oxygen atoms in total. The number of fused-ring (bicyclic) bond motifs is 2. The Balaban J connectivity index is 1.04. The molecule has 0 bridgehead atoms. The van der Waals surface area contributed by atoms with E-state index in [1.165, 1.54) is 5.56 Å². The van der Waals surface area contributed by atoms with Crippen LogP contribution in [0.2, 0.25) is 0 Å². The van der Waals surface area contributed by atoms with Crippen LogP contribution in [0.15, 0.2) is 36.4 Å². The summed E-state index contributed by atoms with van der Waals surface area (Å²) in [5.41, 5.74) is 3.34. The minimum absolute atomic E-state index is 0.0103. The third kappa shape index (κ3) is 4.21. The molecule has 4 aliphatic heterocycles. The molecule has 6 rings (SSSR count). The van der Waals surface area contributed by atoms with E-state index >= 15 is 0 Å². The van der Waals surface area contributed by atoms with Crippen molar-refractivity contribution in [2.24, 2.45) is 5.92 Å². The molecular weight excluding hydrogens is 464 g/mol. The summed E-state index contributed by atoms with van der Waals surface area (Å²) in [6, 6.07) is 11.2. The number of amides is 3. The number of likely N-dealkylation sites (tertiary alicyclic amines) is 1. The molecule has 1 N–H and O–H groups in total. The van der Waals surface area contributed by atoms with Crippen molar-refractivity contribution in [3.8, 4) is 11.5 Å². The monoisotopic (exact) mass is 492 g/mol. The van der Waals surface area contributed by atoms with Gasteiger partial charge in [-0.25, -0.2) is 4.79 Å². The van der Waals surface area contributed by atoms with Crippen LogP contribution in [0.5, 0.6) is 11.5 Å². The van der Waals surface area contributed by atoms with Crippen LogP contribution in [-0.4, -0.2) is 75.4 Å². The summed E-state index contributed by atoms with van der Waals surface area (Å²) >= 11 is 0. The average Bonchev–Trinajstić information content (AvgIpc) is 3.23. The van der Waals surface area contributed by atoms with Gasteiger partial charge in [-0.2, -0.15) is 0 Å². The molecule has 0 radical (unpaired) electrons. The highest BCUT2D eigenvalue weighted by molar-refractivity contribution is 5.98. The number of aryl methyl sites for hydroxylation is 1. The van der Waals surface area contributed by atoms with Crippen LogP contribution < -0.4 is 24.6 Å². The van der Waals surface area contributed by atoms with Gasteiger partial charge in [0.1, 0.15) is 17.6 Å². The number of methoxy groups -OCH3 is 1. The Morgan fingerprint density at radius 2 is 1.89 bits per heavy atom. The fourth-order valence-corrected chi connectivity index (χ4v) is 5.40. The van der Waals surface area contributed by atoms with E-state index in [0.29, 0.717) is 49.1 Å². The van der Waals surface area contributed by atoms with Gasteiger partial charge < -0.3 is 24.4 Å². The Morgan fingerprint density at radius 3 is 2.72 bits per heavy atom. The van der Waals surface area contributed by atoms with Gasteiger partial charge in [0.2, 0.25) is 5.91 Å². The zero-order valence-electron chi connectivity index (χ0n) is 20.1. The van der Waals surface area contributed by atoms with Crippen LogP contribution in [0.4, 0.5) is 21.9 Å². The molecule has 0 saturated carbocycles. The van der Waals surface area contributed by atoms with Gasteiger partial charge in [0.05, 0.1) is 25.0 Å². The van der Waals surface area contributed by atoms with Crippen LogP contribution in [0.1, 0.15) is 12.0 Å². The smallest absolute Gasteiger partial charge is 0.414 e. The Bertz CT molecular complexity index is 1230. The first-order chi connectivity index (χ1) is 17.5. The molecule has 0 aliphatic carbocycles. The summed E-state index contributed by atoms with van der Waals surface area (Å²) in [5.74, 6) is 1.64. The van der Waals surface area contributed by atoms with Crippen molar-refractivity contribution in [2.45, 2.75) is 18.9 Å². The van der Waals surface area contributed by atoms with Gasteiger partial charge in [0.15, 0.2) is 6.61 Å². The molecule has 2 saturated heterocycles. The topological polar surface area (TPSA) is 101 Å². The van der Waals surface area contributed by atoms with Crippen molar-refractivity contribution in [1.82, 2.24) is 4.90 Å². The zero-order chi connectivity index (χ0) is 24.8. The predicted octanol–water partition coefficient (Wildman–Crippen LogP) is 2.26. The van der Waals surface area contributed by atoms with Crippen molar-refractivity contribution in [3.63, 3.8) is 0 Å². The molecule has 10 heteroatoms. The van der Waals surface area contributed by atoms with Gasteiger partial charge in [-0.15, -0.1) is 0 Å². The normalized spacial score (nSPS) is 21.8. The lowest BCUT2D eigenvalue weighted by Gasteiger charge is -2.43. The van der Waals surface area contributed by atoms with Crippen molar-refractivity contribution in [2.75, 3.05) is 61.6 Å². The Labute approximate surface area is 208 Å². The Kier molecular flexibility index (Phi) is 5.67. The number of carbonyl (C=O) groups excluding carboxylic acids is 3. The summed E-state index contributed by atoms with van der Waals surface area (Å²) in [4.78, 5) is 42.6. The molecule has 0 aromatic heterocycles. The number of nitrogens with zero attached hydrogens (tertiary/aromatic N) is 3. The van der Waals surface area contributed by atoms with E-state index in [9.17, 15) is 14.4 Å². The molecule has 188 valence electrons. The molecule has 4 aliphatic rings.